The van der Waals surface area contributed by atoms with E-state index in [4.69, 9.17) is 4.74 Å². The van der Waals surface area contributed by atoms with Crippen LogP contribution in [0.1, 0.15) is 10.4 Å². The van der Waals surface area contributed by atoms with Gasteiger partial charge < -0.3 is 4.74 Å². The number of ether oxygens (including phenoxy) is 1. The molecule has 5 nitrogen and oxygen atoms in total. The Morgan fingerprint density at radius 2 is 1.57 bits per heavy atom. The highest BCUT2D eigenvalue weighted by Crippen LogP contribution is 2.09. The molecule has 2 N–H and O–H groups in total. The second-order valence-electron chi connectivity index (χ2n) is 4.58. The lowest BCUT2D eigenvalue weighted by Gasteiger charge is -2.08. The van der Waals surface area contributed by atoms with Crippen LogP contribution in [0, 0.1) is 0 Å². The van der Waals surface area contributed by atoms with Gasteiger partial charge in [-0.15, -0.1) is 11.8 Å². The van der Waals surface area contributed by atoms with Crippen LogP contribution in [-0.4, -0.2) is 29.9 Å². The second kappa shape index (κ2) is 9.53. The van der Waals surface area contributed by atoms with E-state index in [1.54, 1.807) is 24.3 Å². The molecule has 0 saturated carbocycles. The van der Waals surface area contributed by atoms with Crippen LogP contribution in [0.5, 0.6) is 5.75 Å². The van der Waals surface area contributed by atoms with Gasteiger partial charge in [-0.05, 0) is 24.3 Å². The van der Waals surface area contributed by atoms with Gasteiger partial charge in [0.1, 0.15) is 5.75 Å². The molecule has 2 amide bonds. The summed E-state index contributed by atoms with van der Waals surface area (Å²) in [7, 11) is 0. The molecular formula is C17H18N2O3S. The average molecular weight is 330 g/mol. The number of hydrogen-bond acceptors (Lipinski definition) is 4. The largest absolute Gasteiger partial charge is 0.493 e. The van der Waals surface area contributed by atoms with Crippen molar-refractivity contribution in [2.75, 3.05) is 18.1 Å². The van der Waals surface area contributed by atoms with Crippen LogP contribution in [0.15, 0.2) is 60.7 Å². The molecule has 23 heavy (non-hydrogen) atoms. The van der Waals surface area contributed by atoms with Crippen molar-refractivity contribution in [3.05, 3.63) is 66.2 Å². The number of nitrogens with one attached hydrogen (secondary N) is 2. The number of hydrogen-bond donors (Lipinski definition) is 2. The van der Waals surface area contributed by atoms with Crippen LogP contribution in [0.3, 0.4) is 0 Å². The first kappa shape index (κ1) is 16.9. The van der Waals surface area contributed by atoms with E-state index in [-0.39, 0.29) is 17.6 Å². The Balaban J connectivity index is 1.56. The summed E-state index contributed by atoms with van der Waals surface area (Å²) in [6, 6.07) is 18.2. The average Bonchev–Trinajstić information content (AvgIpc) is 2.61. The molecule has 0 bridgehead atoms. The number of carbonyl (C=O) groups excluding carboxylic acids is 2. The fourth-order valence-corrected chi connectivity index (χ4v) is 2.33. The number of para-hydroxylation sites is 1. The smallest absolute Gasteiger partial charge is 0.269 e. The summed E-state index contributed by atoms with van der Waals surface area (Å²) in [4.78, 5) is 23.4. The predicted molar refractivity (Wildman–Crippen MR) is 91.3 cm³/mol. The first-order valence-corrected chi connectivity index (χ1v) is 8.31. The lowest BCUT2D eigenvalue weighted by atomic mass is 10.2. The predicted octanol–water partition coefficient (Wildman–Crippen LogP) is 2.26. The summed E-state index contributed by atoms with van der Waals surface area (Å²) in [6.07, 6.45) is 0. The molecule has 2 aromatic rings. The van der Waals surface area contributed by atoms with Gasteiger partial charge >= 0.3 is 0 Å². The number of carbonyl (C=O) groups is 2. The lowest BCUT2D eigenvalue weighted by Crippen LogP contribution is -2.42. The van der Waals surface area contributed by atoms with Gasteiger partial charge in [0, 0.05) is 11.3 Å². The Morgan fingerprint density at radius 1 is 0.913 bits per heavy atom. The maximum absolute atomic E-state index is 11.7. The second-order valence-corrected chi connectivity index (χ2v) is 5.69. The molecule has 120 valence electrons. The molecule has 0 unspecified atom stereocenters. The van der Waals surface area contributed by atoms with Crippen LogP contribution in [-0.2, 0) is 4.79 Å². The Hall–Kier alpha value is -2.47. The molecule has 0 atom stereocenters. The Morgan fingerprint density at radius 3 is 2.26 bits per heavy atom. The summed E-state index contributed by atoms with van der Waals surface area (Å²) in [5, 5.41) is 0. The minimum atomic E-state index is -0.337. The molecule has 2 aromatic carbocycles. The maximum atomic E-state index is 11.7. The standard InChI is InChI=1S/C17H18N2O3S/c20-16(18-19-17(21)14-7-3-1-4-8-14)13-23-12-11-22-15-9-5-2-6-10-15/h1-10H,11-13H2,(H,18,20)(H,19,21). The van der Waals surface area contributed by atoms with Crippen LogP contribution in [0.4, 0.5) is 0 Å². The third-order valence-corrected chi connectivity index (χ3v) is 3.75. The molecular weight excluding hydrogens is 312 g/mol. The number of benzene rings is 2. The summed E-state index contributed by atoms with van der Waals surface area (Å²) in [5.74, 6) is 1.17. The molecule has 0 fully saturated rings. The van der Waals surface area contributed by atoms with Gasteiger partial charge in [0.25, 0.3) is 5.91 Å². The molecule has 0 aliphatic heterocycles. The lowest BCUT2D eigenvalue weighted by molar-refractivity contribution is -0.119. The highest BCUT2D eigenvalue weighted by molar-refractivity contribution is 7.99. The van der Waals surface area contributed by atoms with Crippen molar-refractivity contribution in [2.45, 2.75) is 0 Å². The molecule has 0 aromatic heterocycles. The first-order chi connectivity index (χ1) is 11.3. The molecule has 0 aliphatic carbocycles. The fourth-order valence-electron chi connectivity index (χ4n) is 1.72. The van der Waals surface area contributed by atoms with Crippen molar-refractivity contribution in [1.82, 2.24) is 10.9 Å². The third kappa shape index (κ3) is 6.44. The maximum Gasteiger partial charge on any atom is 0.269 e. The Kier molecular flexibility index (Phi) is 7.00. The van der Waals surface area contributed by atoms with Crippen molar-refractivity contribution in [1.29, 1.82) is 0 Å². The van der Waals surface area contributed by atoms with Crippen molar-refractivity contribution < 1.29 is 14.3 Å². The minimum absolute atomic E-state index is 0.251. The van der Waals surface area contributed by atoms with Crippen LogP contribution in [0.25, 0.3) is 0 Å². The van der Waals surface area contributed by atoms with Gasteiger partial charge in [0.2, 0.25) is 5.91 Å². The number of amides is 2. The molecule has 0 radical (unpaired) electrons. The summed E-state index contributed by atoms with van der Waals surface area (Å²) < 4.78 is 5.52. The zero-order valence-electron chi connectivity index (χ0n) is 12.5. The number of rotatable bonds is 7. The highest BCUT2D eigenvalue weighted by Gasteiger charge is 2.06. The normalized spacial score (nSPS) is 9.91. The molecule has 6 heteroatoms. The number of hydrazine groups is 1. The van der Waals surface area contributed by atoms with E-state index in [2.05, 4.69) is 10.9 Å². The van der Waals surface area contributed by atoms with E-state index in [0.717, 1.165) is 5.75 Å². The van der Waals surface area contributed by atoms with Crippen molar-refractivity contribution in [2.24, 2.45) is 0 Å². The van der Waals surface area contributed by atoms with Gasteiger partial charge in [0.15, 0.2) is 0 Å². The summed E-state index contributed by atoms with van der Waals surface area (Å²) >= 11 is 1.44. The molecule has 0 spiro atoms. The highest BCUT2D eigenvalue weighted by atomic mass is 32.2. The SMILES string of the molecule is O=C(CSCCOc1ccccc1)NNC(=O)c1ccccc1. The zero-order chi connectivity index (χ0) is 16.3. The van der Waals surface area contributed by atoms with E-state index in [1.165, 1.54) is 11.8 Å². The van der Waals surface area contributed by atoms with Gasteiger partial charge in [-0.25, -0.2) is 0 Å². The molecule has 0 aliphatic rings. The summed E-state index contributed by atoms with van der Waals surface area (Å²) in [6.45, 7) is 0.526. The monoisotopic (exact) mass is 330 g/mol. The zero-order valence-corrected chi connectivity index (χ0v) is 13.3. The van der Waals surface area contributed by atoms with Crippen LogP contribution < -0.4 is 15.6 Å². The van der Waals surface area contributed by atoms with Crippen molar-refractivity contribution in [3.8, 4) is 5.75 Å². The van der Waals surface area contributed by atoms with Gasteiger partial charge in [-0.2, -0.15) is 0 Å². The van der Waals surface area contributed by atoms with Gasteiger partial charge in [-0.1, -0.05) is 36.4 Å². The topological polar surface area (TPSA) is 67.4 Å². The third-order valence-electron chi connectivity index (χ3n) is 2.82. The van der Waals surface area contributed by atoms with E-state index in [1.807, 2.05) is 36.4 Å². The fraction of sp³-hybridized carbons (Fsp3) is 0.176. The van der Waals surface area contributed by atoms with Crippen molar-refractivity contribution in [3.63, 3.8) is 0 Å². The van der Waals surface area contributed by atoms with Gasteiger partial charge in [-0.3, -0.25) is 20.4 Å². The quantitative estimate of drug-likeness (QED) is 0.604. The van der Waals surface area contributed by atoms with E-state index in [0.29, 0.717) is 17.9 Å². The Labute approximate surface area is 139 Å². The number of thioether (sulfide) groups is 1. The first-order valence-electron chi connectivity index (χ1n) is 7.15. The molecule has 0 heterocycles. The molecule has 2 rings (SSSR count). The van der Waals surface area contributed by atoms with Gasteiger partial charge in [0.05, 0.1) is 12.4 Å². The van der Waals surface area contributed by atoms with E-state index in [9.17, 15) is 9.59 Å². The summed E-state index contributed by atoms with van der Waals surface area (Å²) in [5.41, 5.74) is 5.27. The van der Waals surface area contributed by atoms with E-state index < -0.39 is 0 Å². The van der Waals surface area contributed by atoms with Crippen molar-refractivity contribution >= 4 is 23.6 Å². The Bertz CT molecular complexity index is 620. The van der Waals surface area contributed by atoms with Crippen LogP contribution in [0.2, 0.25) is 0 Å². The van der Waals surface area contributed by atoms with Crippen LogP contribution >= 0.6 is 11.8 Å². The molecule has 0 saturated heterocycles. The minimum Gasteiger partial charge on any atom is -0.493 e. The van der Waals surface area contributed by atoms with E-state index >= 15 is 0 Å².